The predicted molar refractivity (Wildman–Crippen MR) is 81.1 cm³/mol. The molecule has 1 aromatic carbocycles. The average Bonchev–Trinajstić information content (AvgIpc) is 2.76. The highest BCUT2D eigenvalue weighted by atomic mass is 35.5. The lowest BCUT2D eigenvalue weighted by Gasteiger charge is -2.07. The van der Waals surface area contributed by atoms with Gasteiger partial charge in [0.05, 0.1) is 19.3 Å². The van der Waals surface area contributed by atoms with Gasteiger partial charge in [-0.3, -0.25) is 4.68 Å². The van der Waals surface area contributed by atoms with E-state index in [1.54, 1.807) is 7.11 Å². The van der Waals surface area contributed by atoms with Crippen LogP contribution < -0.4 is 5.32 Å². The molecule has 5 heteroatoms. The Morgan fingerprint density at radius 2 is 2.25 bits per heavy atom. The van der Waals surface area contributed by atoms with Crippen molar-refractivity contribution in [2.24, 2.45) is 0 Å². The maximum Gasteiger partial charge on any atom is 0.0663 e. The van der Waals surface area contributed by atoms with E-state index in [0.717, 1.165) is 36.8 Å². The van der Waals surface area contributed by atoms with Crippen molar-refractivity contribution in [3.8, 4) is 0 Å². The van der Waals surface area contributed by atoms with Gasteiger partial charge in [-0.1, -0.05) is 23.7 Å². The van der Waals surface area contributed by atoms with Crippen molar-refractivity contribution in [3.63, 3.8) is 0 Å². The van der Waals surface area contributed by atoms with Crippen molar-refractivity contribution in [1.29, 1.82) is 0 Å². The Morgan fingerprint density at radius 1 is 1.40 bits per heavy atom. The van der Waals surface area contributed by atoms with Crippen LogP contribution in [0.15, 0.2) is 30.5 Å². The molecule has 1 aromatic heterocycles. The minimum atomic E-state index is 0.718. The Kier molecular flexibility index (Phi) is 5.59. The molecule has 0 aliphatic rings. The summed E-state index contributed by atoms with van der Waals surface area (Å²) in [7, 11) is 1.70. The number of nitrogens with one attached hydrogen (secondary N) is 1. The lowest BCUT2D eigenvalue weighted by molar-refractivity contribution is 0.199. The van der Waals surface area contributed by atoms with E-state index in [2.05, 4.69) is 23.4 Å². The molecule has 0 atom stereocenters. The predicted octanol–water partition coefficient (Wildman–Crippen LogP) is 2.63. The zero-order chi connectivity index (χ0) is 14.4. The fourth-order valence-electron chi connectivity index (χ4n) is 2.02. The third-order valence-corrected chi connectivity index (χ3v) is 3.46. The summed E-state index contributed by atoms with van der Waals surface area (Å²) in [6, 6.07) is 7.87. The average molecular weight is 294 g/mol. The summed E-state index contributed by atoms with van der Waals surface area (Å²) >= 11 is 6.00. The Labute approximate surface area is 124 Å². The van der Waals surface area contributed by atoms with E-state index < -0.39 is 0 Å². The molecule has 1 N–H and O–H groups in total. The van der Waals surface area contributed by atoms with Crippen LogP contribution in [0.1, 0.15) is 16.8 Å². The Hall–Kier alpha value is -1.36. The van der Waals surface area contributed by atoms with Crippen LogP contribution in [0.5, 0.6) is 0 Å². The van der Waals surface area contributed by atoms with Gasteiger partial charge in [0.1, 0.15) is 0 Å². The van der Waals surface area contributed by atoms with E-state index in [1.807, 2.05) is 29.1 Å². The van der Waals surface area contributed by atoms with Crippen LogP contribution in [0, 0.1) is 6.92 Å². The lowest BCUT2D eigenvalue weighted by Crippen LogP contribution is -2.18. The van der Waals surface area contributed by atoms with Crippen molar-refractivity contribution in [3.05, 3.63) is 52.3 Å². The van der Waals surface area contributed by atoms with Gasteiger partial charge >= 0.3 is 0 Å². The number of rotatable bonds is 7. The smallest absolute Gasteiger partial charge is 0.0663 e. The van der Waals surface area contributed by atoms with Crippen LogP contribution in [0.25, 0.3) is 0 Å². The SMILES string of the molecule is COCCNCc1cnn(Cc2cccc(Cl)c2)c1C. The Balaban J connectivity index is 1.98. The van der Waals surface area contributed by atoms with E-state index in [0.29, 0.717) is 0 Å². The summed E-state index contributed by atoms with van der Waals surface area (Å²) in [5, 5.41) is 8.53. The maximum atomic E-state index is 6.00. The highest BCUT2D eigenvalue weighted by Crippen LogP contribution is 2.14. The summed E-state index contributed by atoms with van der Waals surface area (Å²) in [5.41, 5.74) is 3.54. The first kappa shape index (κ1) is 15.0. The molecule has 4 nitrogen and oxygen atoms in total. The molecule has 1 heterocycles. The fourth-order valence-corrected chi connectivity index (χ4v) is 2.24. The first-order valence-electron chi connectivity index (χ1n) is 6.66. The van der Waals surface area contributed by atoms with Crippen LogP contribution >= 0.6 is 11.6 Å². The second-order valence-corrected chi connectivity index (χ2v) is 5.15. The number of ether oxygens (including phenoxy) is 1. The van der Waals surface area contributed by atoms with Crippen LogP contribution in [0.4, 0.5) is 0 Å². The first-order valence-corrected chi connectivity index (χ1v) is 7.04. The molecule has 0 saturated carbocycles. The molecule has 0 bridgehead atoms. The molecule has 0 radical (unpaired) electrons. The molecule has 0 amide bonds. The third-order valence-electron chi connectivity index (χ3n) is 3.22. The van der Waals surface area contributed by atoms with Crippen LogP contribution in [-0.4, -0.2) is 30.0 Å². The molecule has 2 aromatic rings. The number of benzene rings is 1. The van der Waals surface area contributed by atoms with Gasteiger partial charge in [-0.2, -0.15) is 5.10 Å². The van der Waals surface area contributed by atoms with Crippen molar-refractivity contribution in [2.75, 3.05) is 20.3 Å². The Morgan fingerprint density at radius 3 is 3.00 bits per heavy atom. The van der Waals surface area contributed by atoms with Crippen molar-refractivity contribution >= 4 is 11.6 Å². The number of aromatic nitrogens is 2. The monoisotopic (exact) mass is 293 g/mol. The van der Waals surface area contributed by atoms with Crippen LogP contribution in [0.2, 0.25) is 5.02 Å². The molecule has 0 aliphatic heterocycles. The number of hydrogen-bond acceptors (Lipinski definition) is 3. The minimum absolute atomic E-state index is 0.718. The van der Waals surface area contributed by atoms with Crippen molar-refractivity contribution < 1.29 is 4.74 Å². The summed E-state index contributed by atoms with van der Waals surface area (Å²) in [6.45, 7) is 5.20. The van der Waals surface area contributed by atoms with Crippen molar-refractivity contribution in [2.45, 2.75) is 20.0 Å². The Bertz CT molecular complexity index is 554. The second-order valence-electron chi connectivity index (χ2n) is 4.71. The van der Waals surface area contributed by atoms with Gasteiger partial charge < -0.3 is 10.1 Å². The van der Waals surface area contributed by atoms with Gasteiger partial charge in [-0.15, -0.1) is 0 Å². The van der Waals surface area contributed by atoms with Gasteiger partial charge in [-0.25, -0.2) is 0 Å². The third kappa shape index (κ3) is 4.07. The molecule has 20 heavy (non-hydrogen) atoms. The summed E-state index contributed by atoms with van der Waals surface area (Å²) in [6.07, 6.45) is 1.92. The fraction of sp³-hybridized carbons (Fsp3) is 0.400. The van der Waals surface area contributed by atoms with Crippen molar-refractivity contribution in [1.82, 2.24) is 15.1 Å². The van der Waals surface area contributed by atoms with Gasteiger partial charge in [0.2, 0.25) is 0 Å². The zero-order valence-electron chi connectivity index (χ0n) is 11.9. The lowest BCUT2D eigenvalue weighted by atomic mass is 10.2. The number of methoxy groups -OCH3 is 1. The molecule has 0 spiro atoms. The highest BCUT2D eigenvalue weighted by molar-refractivity contribution is 6.30. The van der Waals surface area contributed by atoms with E-state index in [-0.39, 0.29) is 0 Å². The van der Waals surface area contributed by atoms with Gasteiger partial charge in [0, 0.05) is 36.5 Å². The largest absolute Gasteiger partial charge is 0.383 e. The molecule has 0 unspecified atom stereocenters. The number of nitrogens with zero attached hydrogens (tertiary/aromatic N) is 2. The van der Waals surface area contributed by atoms with Gasteiger partial charge in [0.25, 0.3) is 0 Å². The quantitative estimate of drug-likeness (QED) is 0.798. The first-order chi connectivity index (χ1) is 9.70. The summed E-state index contributed by atoms with van der Waals surface area (Å²) in [5.74, 6) is 0. The molecule has 0 saturated heterocycles. The van der Waals surface area contributed by atoms with E-state index >= 15 is 0 Å². The highest BCUT2D eigenvalue weighted by Gasteiger charge is 2.06. The normalized spacial score (nSPS) is 10.9. The molecular formula is C15H20ClN3O. The van der Waals surface area contributed by atoms with Crippen LogP contribution in [0.3, 0.4) is 0 Å². The van der Waals surface area contributed by atoms with Crippen LogP contribution in [-0.2, 0) is 17.8 Å². The molecule has 108 valence electrons. The maximum absolute atomic E-state index is 6.00. The molecule has 2 rings (SSSR count). The van der Waals surface area contributed by atoms with Gasteiger partial charge in [-0.05, 0) is 24.6 Å². The second kappa shape index (κ2) is 7.43. The molecule has 0 aliphatic carbocycles. The summed E-state index contributed by atoms with van der Waals surface area (Å²) in [4.78, 5) is 0. The topological polar surface area (TPSA) is 39.1 Å². The number of hydrogen-bond donors (Lipinski definition) is 1. The van der Waals surface area contributed by atoms with E-state index in [1.165, 1.54) is 11.3 Å². The molecule has 0 fully saturated rings. The minimum Gasteiger partial charge on any atom is -0.383 e. The molecular weight excluding hydrogens is 274 g/mol. The zero-order valence-corrected chi connectivity index (χ0v) is 12.7. The van der Waals surface area contributed by atoms with E-state index in [9.17, 15) is 0 Å². The van der Waals surface area contributed by atoms with Gasteiger partial charge in [0.15, 0.2) is 0 Å². The summed E-state index contributed by atoms with van der Waals surface area (Å²) < 4.78 is 7.01. The number of halogens is 1. The standard InChI is InChI=1S/C15H20ClN3O/c1-12-14(9-17-6-7-20-2)10-18-19(12)11-13-4-3-5-15(16)8-13/h3-5,8,10,17H,6-7,9,11H2,1-2H3. The van der Waals surface area contributed by atoms with E-state index in [4.69, 9.17) is 16.3 Å².